The highest BCUT2D eigenvalue weighted by Gasteiger charge is 2.36. The van der Waals surface area contributed by atoms with Gasteiger partial charge in [0.25, 0.3) is 0 Å². The molecule has 1 unspecified atom stereocenters. The van der Waals surface area contributed by atoms with E-state index in [0.717, 1.165) is 44.3 Å². The number of ether oxygens (including phenoxy) is 2. The van der Waals surface area contributed by atoms with Crippen LogP contribution < -0.4 is 14.8 Å². The summed E-state index contributed by atoms with van der Waals surface area (Å²) in [6.07, 6.45) is 3.57. The smallest absolute Gasteiger partial charge is 0.412 e. The van der Waals surface area contributed by atoms with Crippen LogP contribution in [0.3, 0.4) is 0 Å². The molecule has 0 fully saturated rings. The molecular weight excluding hydrogens is 364 g/mol. The number of methoxy groups -OCH3 is 1. The Bertz CT molecular complexity index is 909. The fraction of sp³-hybridized carbons (Fsp3) is 0.458. The van der Waals surface area contributed by atoms with Gasteiger partial charge in [-0.1, -0.05) is 38.1 Å². The molecule has 1 aliphatic heterocycles. The van der Waals surface area contributed by atoms with E-state index >= 15 is 0 Å². The first-order valence-electron chi connectivity index (χ1n) is 10.7. The van der Waals surface area contributed by atoms with Gasteiger partial charge in [0.1, 0.15) is 0 Å². The Balaban J connectivity index is 1.82. The third kappa shape index (κ3) is 3.60. The van der Waals surface area contributed by atoms with Crippen molar-refractivity contribution in [2.45, 2.75) is 45.6 Å². The highest BCUT2D eigenvalue weighted by atomic mass is 16.6. The van der Waals surface area contributed by atoms with Crippen molar-refractivity contribution in [3.05, 3.63) is 47.0 Å². The van der Waals surface area contributed by atoms with E-state index < -0.39 is 6.09 Å². The van der Waals surface area contributed by atoms with Crippen LogP contribution in [0.1, 0.15) is 49.4 Å². The molecule has 1 aliphatic carbocycles. The van der Waals surface area contributed by atoms with E-state index in [0.29, 0.717) is 24.1 Å². The minimum atomic E-state index is -0.432. The van der Waals surface area contributed by atoms with E-state index in [1.165, 1.54) is 22.3 Å². The topological polar surface area (TPSA) is 50.8 Å². The molecule has 2 aromatic carbocycles. The van der Waals surface area contributed by atoms with Crippen molar-refractivity contribution < 1.29 is 14.3 Å². The van der Waals surface area contributed by atoms with Gasteiger partial charge in [-0.2, -0.15) is 0 Å². The summed E-state index contributed by atoms with van der Waals surface area (Å²) >= 11 is 0. The van der Waals surface area contributed by atoms with Gasteiger partial charge in [-0.3, -0.25) is 4.90 Å². The van der Waals surface area contributed by atoms with E-state index in [2.05, 4.69) is 41.4 Å². The van der Waals surface area contributed by atoms with E-state index in [1.54, 1.807) is 7.11 Å². The number of hydrogen-bond donors (Lipinski definition) is 1. The fourth-order valence-electron chi connectivity index (χ4n) is 4.73. The second-order valence-electron chi connectivity index (χ2n) is 7.83. The van der Waals surface area contributed by atoms with Crippen LogP contribution in [0.4, 0.5) is 4.79 Å². The molecule has 2 aromatic rings. The van der Waals surface area contributed by atoms with Gasteiger partial charge in [-0.25, -0.2) is 4.79 Å². The Labute approximate surface area is 173 Å². The average Bonchev–Trinajstić information content (AvgIpc) is 2.74. The van der Waals surface area contributed by atoms with Crippen molar-refractivity contribution in [3.63, 3.8) is 0 Å². The summed E-state index contributed by atoms with van der Waals surface area (Å²) in [7, 11) is 1.62. The molecule has 1 N–H and O–H groups in total. The molecule has 0 spiro atoms. The molecule has 0 aromatic heterocycles. The van der Waals surface area contributed by atoms with Crippen LogP contribution in [0.25, 0.3) is 11.1 Å². The number of nitrogens with zero attached hydrogens (tertiary/aromatic N) is 1. The lowest BCUT2D eigenvalue weighted by atomic mass is 9.76. The zero-order valence-corrected chi connectivity index (χ0v) is 17.6. The van der Waals surface area contributed by atoms with E-state index in [-0.39, 0.29) is 0 Å². The van der Waals surface area contributed by atoms with Crippen LogP contribution in [0.15, 0.2) is 30.3 Å². The summed E-state index contributed by atoms with van der Waals surface area (Å²) in [5.41, 5.74) is 6.19. The van der Waals surface area contributed by atoms with Crippen molar-refractivity contribution in [2.75, 3.05) is 26.7 Å². The Morgan fingerprint density at radius 2 is 2.03 bits per heavy atom. The maximum atomic E-state index is 12.4. The van der Waals surface area contributed by atoms with Gasteiger partial charge < -0.3 is 14.8 Å². The van der Waals surface area contributed by atoms with Crippen LogP contribution in [0.5, 0.6) is 11.5 Å². The highest BCUT2D eigenvalue weighted by molar-refractivity contribution is 5.85. The maximum absolute atomic E-state index is 12.4. The van der Waals surface area contributed by atoms with Gasteiger partial charge in [0.15, 0.2) is 11.5 Å². The quantitative estimate of drug-likeness (QED) is 0.770. The van der Waals surface area contributed by atoms with E-state index in [4.69, 9.17) is 9.47 Å². The lowest BCUT2D eigenvalue weighted by Gasteiger charge is -2.42. The number of amides is 1. The maximum Gasteiger partial charge on any atom is 0.412 e. The minimum absolute atomic E-state index is 0.387. The van der Waals surface area contributed by atoms with Crippen molar-refractivity contribution in [3.8, 4) is 22.6 Å². The SMILES string of the molecule is CCCNC(=O)Oc1c(OC)ccc2c1-c1cccc3c1C(C2)N(CCC)CC3. The van der Waals surface area contributed by atoms with Crippen molar-refractivity contribution in [2.24, 2.45) is 0 Å². The van der Waals surface area contributed by atoms with Crippen molar-refractivity contribution >= 4 is 6.09 Å². The third-order valence-electron chi connectivity index (χ3n) is 5.97. The average molecular weight is 395 g/mol. The lowest BCUT2D eigenvalue weighted by Crippen LogP contribution is -2.39. The first-order valence-corrected chi connectivity index (χ1v) is 10.7. The molecule has 0 radical (unpaired) electrons. The molecule has 1 atom stereocenters. The molecule has 5 heteroatoms. The van der Waals surface area contributed by atoms with E-state index in [9.17, 15) is 4.79 Å². The standard InChI is InChI=1S/C24H30N2O3/c1-4-12-25-24(27)29-23-20(28-3)10-9-17-15-19-21-16(11-14-26(19)13-5-2)7-6-8-18(21)22(17)23/h6-10,19H,4-5,11-15H2,1-3H3,(H,25,27). The first kappa shape index (κ1) is 19.8. The molecule has 4 rings (SSSR count). The summed E-state index contributed by atoms with van der Waals surface area (Å²) in [5.74, 6) is 1.12. The largest absolute Gasteiger partial charge is 0.493 e. The number of carbonyl (C=O) groups is 1. The van der Waals surface area contributed by atoms with Crippen LogP contribution in [-0.2, 0) is 12.8 Å². The molecule has 1 heterocycles. The van der Waals surface area contributed by atoms with Gasteiger partial charge in [0.05, 0.1) is 7.11 Å². The van der Waals surface area contributed by atoms with Crippen LogP contribution in [-0.4, -0.2) is 37.7 Å². The molecule has 154 valence electrons. The number of benzene rings is 2. The number of nitrogens with one attached hydrogen (secondary N) is 1. The Morgan fingerprint density at radius 1 is 1.17 bits per heavy atom. The zero-order valence-electron chi connectivity index (χ0n) is 17.6. The fourth-order valence-corrected chi connectivity index (χ4v) is 4.73. The Hall–Kier alpha value is -2.53. The summed E-state index contributed by atoms with van der Waals surface area (Å²) in [6.45, 7) is 7.05. The van der Waals surface area contributed by atoms with E-state index in [1.807, 2.05) is 13.0 Å². The molecule has 0 bridgehead atoms. The Kier molecular flexibility index (Phi) is 5.76. The minimum Gasteiger partial charge on any atom is -0.493 e. The summed E-state index contributed by atoms with van der Waals surface area (Å²) in [5, 5.41) is 2.80. The van der Waals surface area contributed by atoms with Gasteiger partial charge in [-0.05, 0) is 60.5 Å². The summed E-state index contributed by atoms with van der Waals surface area (Å²) in [6, 6.07) is 11.0. The summed E-state index contributed by atoms with van der Waals surface area (Å²) < 4.78 is 11.4. The monoisotopic (exact) mass is 394 g/mol. The summed E-state index contributed by atoms with van der Waals surface area (Å²) in [4.78, 5) is 15.0. The van der Waals surface area contributed by atoms with Gasteiger partial charge in [0, 0.05) is 24.7 Å². The van der Waals surface area contributed by atoms with Crippen LogP contribution in [0.2, 0.25) is 0 Å². The lowest BCUT2D eigenvalue weighted by molar-refractivity contribution is 0.182. The first-order chi connectivity index (χ1) is 14.2. The number of carbonyl (C=O) groups excluding carboxylic acids is 1. The number of fused-ring (bicyclic) bond motifs is 2. The second-order valence-corrected chi connectivity index (χ2v) is 7.83. The Morgan fingerprint density at radius 3 is 2.79 bits per heavy atom. The molecular formula is C24H30N2O3. The van der Waals surface area contributed by atoms with Crippen LogP contribution in [0, 0.1) is 0 Å². The molecule has 29 heavy (non-hydrogen) atoms. The number of rotatable bonds is 6. The third-order valence-corrected chi connectivity index (χ3v) is 5.97. The molecule has 2 aliphatic rings. The van der Waals surface area contributed by atoms with Crippen LogP contribution >= 0.6 is 0 Å². The van der Waals surface area contributed by atoms with Crippen molar-refractivity contribution in [1.82, 2.24) is 10.2 Å². The van der Waals surface area contributed by atoms with Crippen molar-refractivity contribution in [1.29, 1.82) is 0 Å². The zero-order chi connectivity index (χ0) is 20.4. The molecule has 0 saturated heterocycles. The second kappa shape index (κ2) is 8.46. The highest BCUT2D eigenvalue weighted by Crippen LogP contribution is 2.51. The molecule has 0 saturated carbocycles. The predicted molar refractivity (Wildman–Crippen MR) is 115 cm³/mol. The number of hydrogen-bond acceptors (Lipinski definition) is 4. The van der Waals surface area contributed by atoms with Gasteiger partial charge in [-0.15, -0.1) is 0 Å². The molecule has 5 nitrogen and oxygen atoms in total. The normalized spacial score (nSPS) is 17.3. The predicted octanol–water partition coefficient (Wildman–Crippen LogP) is 4.73. The molecule has 1 amide bonds. The van der Waals surface area contributed by atoms with Gasteiger partial charge >= 0.3 is 6.09 Å². The van der Waals surface area contributed by atoms with Gasteiger partial charge in [0.2, 0.25) is 0 Å².